The number of hydrogen-bond acceptors (Lipinski definition) is 1. The van der Waals surface area contributed by atoms with Gasteiger partial charge in [-0.15, -0.1) is 0 Å². The van der Waals surface area contributed by atoms with Gasteiger partial charge in [-0.05, 0) is 68.4 Å². The lowest BCUT2D eigenvalue weighted by molar-refractivity contribution is 0.0250. The molecular formula is C15H27N. The normalized spacial score (nSPS) is 44.8. The Morgan fingerprint density at radius 2 is 2.00 bits per heavy atom. The minimum atomic E-state index is 0.755. The van der Waals surface area contributed by atoms with Crippen LogP contribution in [0.2, 0.25) is 0 Å². The third-order valence-electron chi connectivity index (χ3n) is 5.76. The van der Waals surface area contributed by atoms with E-state index in [1.165, 1.54) is 38.8 Å². The van der Waals surface area contributed by atoms with Gasteiger partial charge in [0, 0.05) is 0 Å². The molecule has 2 saturated carbocycles. The zero-order valence-electron chi connectivity index (χ0n) is 10.8. The molecule has 3 unspecified atom stereocenters. The number of rotatable bonds is 2. The van der Waals surface area contributed by atoms with E-state index in [4.69, 9.17) is 0 Å². The Kier molecular flexibility index (Phi) is 2.99. The van der Waals surface area contributed by atoms with Gasteiger partial charge in [0.25, 0.3) is 0 Å². The fraction of sp³-hybridized carbons (Fsp3) is 1.00. The molecule has 0 radical (unpaired) electrons. The molecule has 1 N–H and O–H groups in total. The van der Waals surface area contributed by atoms with Gasteiger partial charge in [0.1, 0.15) is 0 Å². The zero-order valence-corrected chi connectivity index (χ0v) is 10.8. The molecule has 0 amide bonds. The van der Waals surface area contributed by atoms with Crippen molar-refractivity contribution in [3.05, 3.63) is 0 Å². The van der Waals surface area contributed by atoms with Gasteiger partial charge in [-0.25, -0.2) is 0 Å². The summed E-state index contributed by atoms with van der Waals surface area (Å²) in [6, 6.07) is 0. The maximum atomic E-state index is 3.62. The van der Waals surface area contributed by atoms with Crippen LogP contribution in [0.3, 0.4) is 0 Å². The summed E-state index contributed by atoms with van der Waals surface area (Å²) in [6.07, 6.45) is 12.2. The summed E-state index contributed by atoms with van der Waals surface area (Å²) in [5.41, 5.74) is 0.755. The van der Waals surface area contributed by atoms with Crippen LogP contribution in [0.25, 0.3) is 0 Å². The van der Waals surface area contributed by atoms with Crippen molar-refractivity contribution in [2.45, 2.75) is 58.3 Å². The van der Waals surface area contributed by atoms with E-state index in [1.807, 2.05) is 0 Å². The fourth-order valence-electron chi connectivity index (χ4n) is 4.62. The number of hydrogen-bond donors (Lipinski definition) is 1. The third kappa shape index (κ3) is 1.92. The largest absolute Gasteiger partial charge is 0.316 e. The molecular weight excluding hydrogens is 194 g/mol. The van der Waals surface area contributed by atoms with Crippen LogP contribution in [0, 0.1) is 23.2 Å². The van der Waals surface area contributed by atoms with Crippen LogP contribution >= 0.6 is 0 Å². The lowest BCUT2D eigenvalue weighted by Gasteiger charge is -2.49. The Balaban J connectivity index is 1.73. The van der Waals surface area contributed by atoms with Crippen molar-refractivity contribution in [1.82, 2.24) is 5.32 Å². The Bertz CT molecular complexity index is 242. The monoisotopic (exact) mass is 221 g/mol. The van der Waals surface area contributed by atoms with Crippen LogP contribution in [0.5, 0.6) is 0 Å². The van der Waals surface area contributed by atoms with E-state index < -0.39 is 0 Å². The van der Waals surface area contributed by atoms with Crippen molar-refractivity contribution in [3.63, 3.8) is 0 Å². The summed E-state index contributed by atoms with van der Waals surface area (Å²) in [5.74, 6) is 3.23. The highest BCUT2D eigenvalue weighted by Crippen LogP contribution is 2.54. The summed E-state index contributed by atoms with van der Waals surface area (Å²) in [6.45, 7) is 4.99. The van der Waals surface area contributed by atoms with Crippen molar-refractivity contribution in [2.24, 2.45) is 23.2 Å². The molecule has 1 aliphatic heterocycles. The molecule has 3 aliphatic rings. The Labute approximate surface area is 100 Å². The van der Waals surface area contributed by atoms with E-state index in [0.717, 1.165) is 23.2 Å². The molecule has 1 spiro atoms. The average molecular weight is 221 g/mol. The molecule has 1 nitrogen and oxygen atoms in total. The van der Waals surface area contributed by atoms with Crippen molar-refractivity contribution in [1.29, 1.82) is 0 Å². The van der Waals surface area contributed by atoms with Crippen LogP contribution in [0.1, 0.15) is 58.3 Å². The van der Waals surface area contributed by atoms with Gasteiger partial charge in [-0.3, -0.25) is 0 Å². The molecule has 2 aliphatic carbocycles. The number of nitrogens with one attached hydrogen (secondary N) is 1. The van der Waals surface area contributed by atoms with Crippen molar-refractivity contribution in [3.8, 4) is 0 Å². The third-order valence-corrected chi connectivity index (χ3v) is 5.76. The first kappa shape index (κ1) is 11.1. The van der Waals surface area contributed by atoms with E-state index >= 15 is 0 Å². The van der Waals surface area contributed by atoms with Gasteiger partial charge in [0.15, 0.2) is 0 Å². The summed E-state index contributed by atoms with van der Waals surface area (Å²) in [4.78, 5) is 0. The van der Waals surface area contributed by atoms with Crippen LogP contribution in [-0.2, 0) is 0 Å². The van der Waals surface area contributed by atoms with Gasteiger partial charge in [0.2, 0.25) is 0 Å². The summed E-state index contributed by atoms with van der Waals surface area (Å²) in [5, 5.41) is 3.62. The van der Waals surface area contributed by atoms with E-state index in [-0.39, 0.29) is 0 Å². The Morgan fingerprint density at radius 3 is 2.75 bits per heavy atom. The van der Waals surface area contributed by atoms with Crippen molar-refractivity contribution >= 4 is 0 Å². The highest BCUT2D eigenvalue weighted by molar-refractivity contribution is 4.98. The van der Waals surface area contributed by atoms with E-state index in [1.54, 1.807) is 25.7 Å². The Morgan fingerprint density at radius 1 is 1.12 bits per heavy atom. The summed E-state index contributed by atoms with van der Waals surface area (Å²) in [7, 11) is 0. The molecule has 1 saturated heterocycles. The molecule has 1 heterocycles. The highest BCUT2D eigenvalue weighted by atomic mass is 14.9. The Hall–Kier alpha value is -0.0400. The minimum absolute atomic E-state index is 0.755. The SMILES string of the molecule is CCC1CNCCC12CCCC(C1CC1)C2. The van der Waals surface area contributed by atoms with Crippen LogP contribution in [0.15, 0.2) is 0 Å². The van der Waals surface area contributed by atoms with Crippen molar-refractivity contribution in [2.75, 3.05) is 13.1 Å². The predicted octanol–water partition coefficient (Wildman–Crippen LogP) is 3.59. The fourth-order valence-corrected chi connectivity index (χ4v) is 4.62. The maximum Gasteiger partial charge on any atom is -0.00153 e. The van der Waals surface area contributed by atoms with Gasteiger partial charge in [-0.2, -0.15) is 0 Å². The molecule has 3 fully saturated rings. The van der Waals surface area contributed by atoms with E-state index in [0.29, 0.717) is 0 Å². The van der Waals surface area contributed by atoms with Crippen LogP contribution < -0.4 is 5.32 Å². The highest BCUT2D eigenvalue weighted by Gasteiger charge is 2.46. The molecule has 0 bridgehead atoms. The first-order chi connectivity index (χ1) is 7.84. The molecule has 1 heteroatoms. The van der Waals surface area contributed by atoms with Crippen molar-refractivity contribution < 1.29 is 0 Å². The first-order valence-corrected chi connectivity index (χ1v) is 7.55. The first-order valence-electron chi connectivity index (χ1n) is 7.55. The topological polar surface area (TPSA) is 12.0 Å². The second kappa shape index (κ2) is 4.33. The zero-order chi connectivity index (χ0) is 11.0. The average Bonchev–Trinajstić information content (AvgIpc) is 3.14. The molecule has 0 aromatic rings. The van der Waals surface area contributed by atoms with Gasteiger partial charge >= 0.3 is 0 Å². The molecule has 16 heavy (non-hydrogen) atoms. The maximum absolute atomic E-state index is 3.62. The van der Waals surface area contributed by atoms with E-state index in [9.17, 15) is 0 Å². The van der Waals surface area contributed by atoms with Crippen LogP contribution in [-0.4, -0.2) is 13.1 Å². The lowest BCUT2D eigenvalue weighted by Crippen LogP contribution is -2.47. The van der Waals surface area contributed by atoms with Gasteiger partial charge in [-0.1, -0.05) is 26.2 Å². The standard InChI is InChI=1S/C15H27N/c1-2-14-11-16-9-8-15(14)7-3-4-13(10-15)12-5-6-12/h12-14,16H,2-11H2,1H3. The molecule has 0 aromatic carbocycles. The molecule has 3 rings (SSSR count). The predicted molar refractivity (Wildman–Crippen MR) is 68.4 cm³/mol. The number of piperidine rings is 1. The van der Waals surface area contributed by atoms with Gasteiger partial charge < -0.3 is 5.32 Å². The molecule has 92 valence electrons. The lowest BCUT2D eigenvalue weighted by atomic mass is 9.58. The van der Waals surface area contributed by atoms with E-state index in [2.05, 4.69) is 12.2 Å². The summed E-state index contributed by atoms with van der Waals surface area (Å²) < 4.78 is 0. The second-order valence-corrected chi connectivity index (χ2v) is 6.62. The quantitative estimate of drug-likeness (QED) is 0.751. The molecule has 0 aromatic heterocycles. The van der Waals surface area contributed by atoms with Crippen LogP contribution in [0.4, 0.5) is 0 Å². The summed E-state index contributed by atoms with van der Waals surface area (Å²) >= 11 is 0. The minimum Gasteiger partial charge on any atom is -0.316 e. The van der Waals surface area contributed by atoms with Gasteiger partial charge in [0.05, 0.1) is 0 Å². The molecule has 3 atom stereocenters. The smallest absolute Gasteiger partial charge is 0.00153 e. The second-order valence-electron chi connectivity index (χ2n) is 6.62.